The van der Waals surface area contributed by atoms with E-state index in [4.69, 9.17) is 37.9 Å². The number of aliphatic hydroxyl groups is 2. The molecule has 0 bridgehead atoms. The Morgan fingerprint density at radius 2 is 1.64 bits per heavy atom. The van der Waals surface area contributed by atoms with E-state index in [1.54, 1.807) is 53.6 Å². The van der Waals surface area contributed by atoms with Gasteiger partial charge in [-0.05, 0) is 104 Å². The van der Waals surface area contributed by atoms with Crippen molar-refractivity contribution in [2.24, 2.45) is 11.8 Å². The van der Waals surface area contributed by atoms with Gasteiger partial charge in [-0.2, -0.15) is 0 Å². The first-order valence-corrected chi connectivity index (χ1v) is 25.1. The summed E-state index contributed by atoms with van der Waals surface area (Å²) in [6.07, 6.45) is -6.13. The number of aryl methyl sites for hydroxylation is 1. The van der Waals surface area contributed by atoms with Crippen molar-refractivity contribution in [3.8, 4) is 0 Å². The predicted octanol–water partition coefficient (Wildman–Crippen LogP) is 4.13. The van der Waals surface area contributed by atoms with Crippen molar-refractivity contribution < 1.29 is 72.1 Å². The number of methoxy groups -OCH3 is 1. The average Bonchev–Trinajstić information content (AvgIpc) is 3.29. The number of amides is 1. The number of hydrogen-bond donors (Lipinski definition) is 3. The number of nitrogens with zero attached hydrogens (tertiary/aromatic N) is 2. The second-order valence-electron chi connectivity index (χ2n) is 19.5. The zero-order valence-electron chi connectivity index (χ0n) is 42.7. The molecule has 3 heterocycles. The van der Waals surface area contributed by atoms with E-state index in [9.17, 15) is 34.2 Å². The van der Waals surface area contributed by atoms with E-state index in [1.165, 1.54) is 19.6 Å². The van der Waals surface area contributed by atoms with Gasteiger partial charge in [0.25, 0.3) is 0 Å². The van der Waals surface area contributed by atoms with Crippen molar-refractivity contribution in [1.82, 2.24) is 15.1 Å². The molecule has 18 heteroatoms. The fraction of sp³-hybridized carbons (Fsp3) is 0.784. The number of likely N-dealkylation sites (N-methyl/N-ethyl adjacent to an activating group) is 1. The van der Waals surface area contributed by atoms with Crippen LogP contribution in [0.15, 0.2) is 30.3 Å². The van der Waals surface area contributed by atoms with Gasteiger partial charge in [-0.1, -0.05) is 51.1 Å². The van der Waals surface area contributed by atoms with Gasteiger partial charge < -0.3 is 68.0 Å². The minimum absolute atomic E-state index is 0.00948. The lowest BCUT2D eigenvalue weighted by Gasteiger charge is -2.50. The number of hydrogen-bond acceptors (Lipinski definition) is 17. The number of esters is 3. The van der Waals surface area contributed by atoms with E-state index in [2.05, 4.69) is 22.3 Å². The summed E-state index contributed by atoms with van der Waals surface area (Å²) in [4.78, 5) is 68.1. The summed E-state index contributed by atoms with van der Waals surface area (Å²) >= 11 is 0. The largest absolute Gasteiger partial charge is 0.459 e. The van der Waals surface area contributed by atoms with Gasteiger partial charge >= 0.3 is 17.9 Å². The molecule has 0 spiro atoms. The monoisotopic (exact) mass is 978 g/mol. The van der Waals surface area contributed by atoms with Crippen LogP contribution in [0, 0.1) is 11.8 Å². The summed E-state index contributed by atoms with van der Waals surface area (Å²) in [5, 5.41) is 27.2. The molecule has 0 aliphatic carbocycles. The number of β-amino-alcohol motifs (C(OH)–C–C–N with tert-alkyl or cyclic N) is 1. The van der Waals surface area contributed by atoms with Crippen molar-refractivity contribution in [1.29, 1.82) is 0 Å². The molecule has 3 aliphatic heterocycles. The maximum absolute atomic E-state index is 13.6. The van der Waals surface area contributed by atoms with Crippen LogP contribution in [0.25, 0.3) is 0 Å². The highest BCUT2D eigenvalue weighted by atomic mass is 16.7. The first-order valence-electron chi connectivity index (χ1n) is 25.1. The molecule has 1 aromatic rings. The van der Waals surface area contributed by atoms with Gasteiger partial charge in [0.2, 0.25) is 5.91 Å². The third kappa shape index (κ3) is 17.3. The molecule has 392 valence electrons. The molecule has 69 heavy (non-hydrogen) atoms. The zero-order chi connectivity index (χ0) is 50.8. The Hall–Kier alpha value is -3.59. The number of benzene rings is 1. The average molecular weight is 978 g/mol. The maximum atomic E-state index is 13.6. The molecule has 3 fully saturated rings. The molecule has 1 aromatic carbocycles. The number of carbonyl (C=O) groups excluding carboxylic acids is 5. The quantitative estimate of drug-likeness (QED) is 0.0816. The number of aldehydes is 1. The van der Waals surface area contributed by atoms with Crippen LogP contribution in [0.5, 0.6) is 0 Å². The minimum atomic E-state index is -1.41. The molecule has 3 N–H and O–H groups in total. The molecule has 15 atom stereocenters. The molecule has 1 amide bonds. The summed E-state index contributed by atoms with van der Waals surface area (Å²) in [7, 11) is 4.94. The third-order valence-electron chi connectivity index (χ3n) is 13.7. The van der Waals surface area contributed by atoms with Gasteiger partial charge in [0.1, 0.15) is 30.7 Å². The van der Waals surface area contributed by atoms with Crippen LogP contribution < -0.4 is 5.32 Å². The molecule has 4 rings (SSSR count). The summed E-state index contributed by atoms with van der Waals surface area (Å²) in [5.74, 6) is -3.03. The highest BCUT2D eigenvalue weighted by Crippen LogP contribution is 2.39. The van der Waals surface area contributed by atoms with Crippen LogP contribution in [-0.2, 0) is 68.3 Å². The van der Waals surface area contributed by atoms with Crippen LogP contribution in [-0.4, -0.2) is 177 Å². The Morgan fingerprint density at radius 1 is 0.942 bits per heavy atom. The van der Waals surface area contributed by atoms with E-state index < -0.39 is 103 Å². The van der Waals surface area contributed by atoms with E-state index in [1.807, 2.05) is 25.1 Å². The Labute approximate surface area is 409 Å². The number of unbranched alkanes of at least 4 members (excludes halogenated alkanes) is 1. The Balaban J connectivity index is 1.65. The third-order valence-corrected chi connectivity index (χ3v) is 13.7. The van der Waals surface area contributed by atoms with Crippen LogP contribution in [0.1, 0.15) is 118 Å². The van der Waals surface area contributed by atoms with Crippen LogP contribution in [0.4, 0.5) is 0 Å². The predicted molar refractivity (Wildman–Crippen MR) is 254 cm³/mol. The molecule has 5 unspecified atom stereocenters. The molecule has 3 aliphatic rings. The Kier molecular flexibility index (Phi) is 23.9. The standard InChI is InChI=1S/C51H83N3O15/c1-11-41(59)65-39-29-40(58)52-24-17-19-26-54(25-18-16-22-36-20-14-13-15-21-36)31-38(57)32(3)28-37(23-27-55)47(48(39)62-10)68-50-45(61)44(53(8)9)46(33(4)64-50)67-43-30-51(7,69-35(6)56)49(34(5)63-43)66-42(60)12-2/h13-15,20-21,27,32-34,37-39,43-50,57,61H,11-12,16-19,22-26,28-31H2,1-10H3,(H,52,58)/t32-,33?,34?,37+,38+,39-,43+,44?,45?,46-,47+,48+,49+,50+,51?/m1/s1. The number of ether oxygens (including phenoxy) is 8. The summed E-state index contributed by atoms with van der Waals surface area (Å²) in [6.45, 7) is 13.9. The highest BCUT2D eigenvalue weighted by molar-refractivity contribution is 5.77. The Morgan fingerprint density at radius 3 is 2.28 bits per heavy atom. The lowest BCUT2D eigenvalue weighted by molar-refractivity contribution is -0.344. The highest BCUT2D eigenvalue weighted by Gasteiger charge is 2.54. The number of rotatable bonds is 18. The van der Waals surface area contributed by atoms with E-state index in [0.717, 1.165) is 45.1 Å². The number of carbonyl (C=O) groups is 5. The van der Waals surface area contributed by atoms with Crippen molar-refractivity contribution in [3.05, 3.63) is 35.9 Å². The maximum Gasteiger partial charge on any atom is 0.306 e. The van der Waals surface area contributed by atoms with Crippen molar-refractivity contribution in [2.75, 3.05) is 47.4 Å². The summed E-state index contributed by atoms with van der Waals surface area (Å²) < 4.78 is 49.8. The molecule has 3 saturated heterocycles. The van der Waals surface area contributed by atoms with Gasteiger partial charge in [0, 0.05) is 52.8 Å². The molecular weight excluding hydrogens is 895 g/mol. The van der Waals surface area contributed by atoms with E-state index >= 15 is 0 Å². The first-order chi connectivity index (χ1) is 32.8. The van der Waals surface area contributed by atoms with Crippen molar-refractivity contribution >= 4 is 30.1 Å². The van der Waals surface area contributed by atoms with Crippen LogP contribution >= 0.6 is 0 Å². The normalized spacial score (nSPS) is 34.6. The second-order valence-corrected chi connectivity index (χ2v) is 19.5. The first kappa shape index (κ1) is 58.0. The molecule has 0 saturated carbocycles. The zero-order valence-corrected chi connectivity index (χ0v) is 42.7. The number of nitrogens with one attached hydrogen (secondary N) is 1. The smallest absolute Gasteiger partial charge is 0.306 e. The SMILES string of the molecule is CCC(=O)O[C@@H]1CC(=O)NCCCCN(CCCCc2ccccc2)C[C@H](O)[C@H](C)C[C@H](CC=O)[C@H](O[C@@H]2OC(C)[C@@H](O[C@H]3CC(C)(OC(C)=O)[C@@H](OC(=O)CC)C(C)O3)C(N(C)C)C2O)[C@H]1OC. The van der Waals surface area contributed by atoms with Gasteiger partial charge in [0.15, 0.2) is 24.3 Å². The topological polar surface area (TPSA) is 218 Å². The molecule has 0 aromatic heterocycles. The lowest BCUT2D eigenvalue weighted by Crippen LogP contribution is -2.66. The van der Waals surface area contributed by atoms with Gasteiger partial charge in [-0.3, -0.25) is 19.2 Å². The van der Waals surface area contributed by atoms with Gasteiger partial charge in [-0.25, -0.2) is 0 Å². The fourth-order valence-corrected chi connectivity index (χ4v) is 10.0. The van der Waals surface area contributed by atoms with Gasteiger partial charge in [-0.15, -0.1) is 0 Å². The van der Waals surface area contributed by atoms with Crippen LogP contribution in [0.3, 0.4) is 0 Å². The summed E-state index contributed by atoms with van der Waals surface area (Å²) in [6, 6.07) is 9.54. The van der Waals surface area contributed by atoms with Crippen LogP contribution in [0.2, 0.25) is 0 Å². The van der Waals surface area contributed by atoms with Gasteiger partial charge in [0.05, 0.1) is 36.9 Å². The Bertz CT molecular complexity index is 1740. The lowest BCUT2D eigenvalue weighted by atomic mass is 9.82. The molecule has 18 nitrogen and oxygen atoms in total. The molecule has 0 radical (unpaired) electrons. The summed E-state index contributed by atoms with van der Waals surface area (Å²) in [5.41, 5.74) is -0.0380. The van der Waals surface area contributed by atoms with Crippen molar-refractivity contribution in [2.45, 2.75) is 198 Å². The second kappa shape index (κ2) is 28.4. The molecular formula is C51H83N3O15. The van der Waals surface area contributed by atoms with E-state index in [0.29, 0.717) is 19.5 Å². The fourth-order valence-electron chi connectivity index (χ4n) is 10.0. The number of aliphatic hydroxyl groups excluding tert-OH is 2. The minimum Gasteiger partial charge on any atom is -0.459 e. The van der Waals surface area contributed by atoms with E-state index in [-0.39, 0.29) is 50.4 Å². The van der Waals surface area contributed by atoms with Crippen molar-refractivity contribution in [3.63, 3.8) is 0 Å².